The van der Waals surface area contributed by atoms with Crippen LogP contribution in [0.3, 0.4) is 0 Å². The quantitative estimate of drug-likeness (QED) is 0.190. The number of carboxylic acids is 2. The first-order valence-corrected chi connectivity index (χ1v) is 17.6. The van der Waals surface area contributed by atoms with Crippen LogP contribution in [0.5, 0.6) is 0 Å². The number of unbranched alkanes of at least 4 members (excludes halogenated alkanes) is 6. The molecule has 172 valence electrons. The third kappa shape index (κ3) is 18.9. The van der Waals surface area contributed by atoms with Crippen molar-refractivity contribution in [3.05, 3.63) is 0 Å². The molecule has 0 aromatic carbocycles. The van der Waals surface area contributed by atoms with Crippen LogP contribution in [0.4, 0.5) is 0 Å². The van der Waals surface area contributed by atoms with E-state index in [0.717, 1.165) is 38.5 Å². The predicted molar refractivity (Wildman–Crippen MR) is 129 cm³/mol. The molecule has 0 spiro atoms. The zero-order valence-corrected chi connectivity index (χ0v) is 24.2. The van der Waals surface area contributed by atoms with Gasteiger partial charge in [0.15, 0.2) is 0 Å². The van der Waals surface area contributed by atoms with E-state index in [1.54, 1.807) is 0 Å². The topological polar surface area (TPSA) is 80.3 Å². The summed E-state index contributed by atoms with van der Waals surface area (Å²) in [6.45, 7) is 7.93. The average Bonchev–Trinajstić information content (AvgIpc) is 2.69. The van der Waals surface area contributed by atoms with E-state index in [2.05, 4.69) is 49.0 Å². The zero-order valence-electron chi connectivity index (χ0n) is 19.5. The van der Waals surface area contributed by atoms with Gasteiger partial charge in [-0.15, -0.1) is 0 Å². The van der Waals surface area contributed by atoms with E-state index in [1.165, 1.54) is 12.8 Å². The van der Waals surface area contributed by atoms with Crippen LogP contribution in [0.25, 0.3) is 0 Å². The van der Waals surface area contributed by atoms with Crippen LogP contribution in [-0.2, 0) is 9.59 Å². The summed E-state index contributed by atoms with van der Waals surface area (Å²) >= 11 is 8.54. The van der Waals surface area contributed by atoms with Crippen LogP contribution in [0.1, 0.15) is 105 Å². The molecule has 0 N–H and O–H groups in total. The summed E-state index contributed by atoms with van der Waals surface area (Å²) in [5.74, 6) is -2.07. The molecule has 0 rings (SSSR count). The molecule has 0 fully saturated rings. The Labute approximate surface area is 201 Å². The van der Waals surface area contributed by atoms with Crippen molar-refractivity contribution in [2.24, 2.45) is 0 Å². The summed E-state index contributed by atoms with van der Waals surface area (Å²) in [6, 6.07) is 0. The summed E-state index contributed by atoms with van der Waals surface area (Å²) in [6.07, 6.45) is 11.0. The van der Waals surface area contributed by atoms with Crippen molar-refractivity contribution in [1.82, 2.24) is 0 Å². The molecule has 0 heterocycles. The van der Waals surface area contributed by atoms with Crippen molar-refractivity contribution in [3.63, 3.8) is 0 Å². The maximum absolute atomic E-state index is 10.7. The second-order valence-electron chi connectivity index (χ2n) is 7.47. The van der Waals surface area contributed by atoms with Gasteiger partial charge in [-0.25, -0.2) is 0 Å². The van der Waals surface area contributed by atoms with Gasteiger partial charge in [-0.1, -0.05) is 79.1 Å². The molecule has 0 aliphatic heterocycles. The van der Waals surface area contributed by atoms with E-state index < -0.39 is 21.4 Å². The first-order valence-electron chi connectivity index (χ1n) is 11.0. The summed E-state index contributed by atoms with van der Waals surface area (Å²) in [7, 11) is 0. The zero-order chi connectivity index (χ0) is 23.3. The fourth-order valence-corrected chi connectivity index (χ4v) is 2.85. The van der Waals surface area contributed by atoms with Crippen LogP contribution in [0, 0.1) is 0 Å². The van der Waals surface area contributed by atoms with Crippen molar-refractivity contribution >= 4 is 58.3 Å². The van der Waals surface area contributed by atoms with Crippen LogP contribution < -0.4 is 10.2 Å². The number of hydrogen-bond donors (Lipinski definition) is 2. The Morgan fingerprint density at radius 1 is 0.690 bits per heavy atom. The molecule has 2 unspecified atom stereocenters. The van der Waals surface area contributed by atoms with Crippen molar-refractivity contribution in [2.75, 3.05) is 0 Å². The molecule has 0 aliphatic rings. The van der Waals surface area contributed by atoms with Crippen molar-refractivity contribution in [2.45, 2.75) is 124 Å². The van der Waals surface area contributed by atoms with Crippen LogP contribution >= 0.6 is 25.3 Å². The minimum atomic E-state index is -1.03. The van der Waals surface area contributed by atoms with Gasteiger partial charge in [0, 0.05) is 0 Å². The standard InChI is InChI=1S/2C10H20O2S.2CH3.Sn/c2*1-3-5-6-7-8-10(13,4-2)9(11)12;;;/h2*13H,3-8H2,1-2H3,(H,11,12);2*1H3;/q;;;;+2/p-2. The van der Waals surface area contributed by atoms with E-state index in [1.807, 2.05) is 13.8 Å². The van der Waals surface area contributed by atoms with Gasteiger partial charge in [0.2, 0.25) is 0 Å². The fraction of sp³-hybridized carbons (Fsp3) is 0.909. The van der Waals surface area contributed by atoms with Crippen LogP contribution in [-0.4, -0.2) is 42.6 Å². The first kappa shape index (κ1) is 34.1. The number of carbonyl (C=O) groups is 2. The third-order valence-electron chi connectivity index (χ3n) is 4.82. The van der Waals surface area contributed by atoms with Crippen molar-refractivity contribution in [3.8, 4) is 0 Å². The summed E-state index contributed by atoms with van der Waals surface area (Å²) in [5.41, 5.74) is 0. The normalized spacial score (nSPS) is 14.1. The number of rotatable bonds is 14. The number of carbonyl (C=O) groups excluding carboxylic acids is 2. The average molecular weight is 555 g/mol. The molecular formula is C22H44O4S2Sn. The molecule has 0 aromatic rings. The van der Waals surface area contributed by atoms with Gasteiger partial charge in [0.25, 0.3) is 0 Å². The molecule has 0 aliphatic carbocycles. The Hall–Kier alpha value is 0.439. The number of hydrogen-bond acceptors (Lipinski definition) is 6. The molecule has 0 aromatic heterocycles. The summed E-state index contributed by atoms with van der Waals surface area (Å²) < 4.78 is -1.82. The molecule has 4 nitrogen and oxygen atoms in total. The second kappa shape index (κ2) is 21.7. The molecule has 0 bridgehead atoms. The van der Waals surface area contributed by atoms with Gasteiger partial charge >= 0.3 is 31.0 Å². The Balaban J connectivity index is -0.000000410. The van der Waals surface area contributed by atoms with Crippen molar-refractivity contribution < 1.29 is 19.8 Å². The second-order valence-corrected chi connectivity index (χ2v) is 12.0. The van der Waals surface area contributed by atoms with E-state index >= 15 is 0 Å². The van der Waals surface area contributed by atoms with E-state index in [4.69, 9.17) is 0 Å². The van der Waals surface area contributed by atoms with Gasteiger partial charge in [-0.05, 0) is 25.7 Å². The first-order chi connectivity index (χ1) is 13.5. The number of carboxylic acid groups (broad SMARTS) is 2. The van der Waals surface area contributed by atoms with Gasteiger partial charge < -0.3 is 19.8 Å². The number of aliphatic carboxylic acids is 2. The Morgan fingerprint density at radius 3 is 1.14 bits per heavy atom. The molecule has 0 amide bonds. The Kier molecular flexibility index (Phi) is 25.4. The molecule has 0 radical (unpaired) electrons. The van der Waals surface area contributed by atoms with Crippen LogP contribution in [0.15, 0.2) is 0 Å². The van der Waals surface area contributed by atoms with E-state index in [9.17, 15) is 19.8 Å². The molecule has 29 heavy (non-hydrogen) atoms. The summed E-state index contributed by atoms with van der Waals surface area (Å²) in [4.78, 5) is 26.0. The Bertz CT molecular complexity index is 374. The fourth-order valence-electron chi connectivity index (χ4n) is 2.53. The maximum atomic E-state index is 10.7. The van der Waals surface area contributed by atoms with E-state index in [-0.39, 0.29) is 21.1 Å². The molecule has 7 heteroatoms. The number of thiol groups is 2. The predicted octanol–water partition coefficient (Wildman–Crippen LogP) is 4.36. The van der Waals surface area contributed by atoms with Crippen molar-refractivity contribution in [1.29, 1.82) is 0 Å². The van der Waals surface area contributed by atoms with Crippen LogP contribution in [0.2, 0.25) is 9.88 Å². The molecule has 0 saturated heterocycles. The van der Waals surface area contributed by atoms with Gasteiger partial charge in [-0.3, -0.25) is 0 Å². The van der Waals surface area contributed by atoms with Gasteiger partial charge in [0.1, 0.15) is 0 Å². The van der Waals surface area contributed by atoms with Gasteiger partial charge in [0.05, 0.1) is 21.4 Å². The molecular weight excluding hydrogens is 511 g/mol. The van der Waals surface area contributed by atoms with E-state index in [0.29, 0.717) is 25.7 Å². The SMILES string of the molecule is CCCCCCC(S)(CC)C(=O)[O-].CCCCCCC(S)(CC)C(=O)[O-].[CH3][Sn+2][CH3]. The third-order valence-corrected chi connectivity index (χ3v) is 6.26. The Morgan fingerprint density at radius 2 is 0.966 bits per heavy atom. The monoisotopic (exact) mass is 556 g/mol. The molecule has 0 saturated carbocycles. The summed E-state index contributed by atoms with van der Waals surface area (Å²) in [5, 5.41) is 21.5. The minimum absolute atomic E-state index is 0.230. The molecule has 2 atom stereocenters. The van der Waals surface area contributed by atoms with Gasteiger partial charge in [-0.2, -0.15) is 25.3 Å².